The van der Waals surface area contributed by atoms with E-state index in [1.807, 2.05) is 18.2 Å². The lowest BCUT2D eigenvalue weighted by Gasteiger charge is -2.26. The first-order valence-corrected chi connectivity index (χ1v) is 12.0. The minimum absolute atomic E-state index is 0.530. The number of H-pyrrole nitrogens is 1. The first-order chi connectivity index (χ1) is 13.8. The second-order valence-corrected chi connectivity index (χ2v) is 9.45. The van der Waals surface area contributed by atoms with E-state index in [2.05, 4.69) is 17.1 Å². The van der Waals surface area contributed by atoms with Gasteiger partial charge in [-0.25, -0.2) is 4.98 Å². The van der Waals surface area contributed by atoms with Gasteiger partial charge in [-0.15, -0.1) is 0 Å². The van der Waals surface area contributed by atoms with Gasteiger partial charge in [-0.1, -0.05) is 113 Å². The number of benzene rings is 1. The van der Waals surface area contributed by atoms with E-state index in [-0.39, 0.29) is 0 Å². The van der Waals surface area contributed by atoms with Crippen molar-refractivity contribution in [1.29, 1.82) is 0 Å². The third-order valence-corrected chi connectivity index (χ3v) is 7.46. The summed E-state index contributed by atoms with van der Waals surface area (Å²) < 4.78 is 0. The minimum atomic E-state index is 0.530. The van der Waals surface area contributed by atoms with Crippen LogP contribution in [-0.2, 0) is 0 Å². The Morgan fingerprint density at radius 3 is 2.00 bits per heavy atom. The van der Waals surface area contributed by atoms with Gasteiger partial charge in [0.05, 0.1) is 0 Å². The normalized spacial score (nSPS) is 25.5. The van der Waals surface area contributed by atoms with E-state index in [4.69, 9.17) is 16.6 Å². The van der Waals surface area contributed by atoms with Crippen molar-refractivity contribution < 1.29 is 0 Å². The molecular weight excluding hydrogens is 364 g/mol. The van der Waals surface area contributed by atoms with E-state index in [0.29, 0.717) is 11.1 Å². The Morgan fingerprint density at radius 1 is 0.714 bits per heavy atom. The fraction of sp³-hybridized carbons (Fsp3) is 0.640. The van der Waals surface area contributed by atoms with Gasteiger partial charge in [0.15, 0.2) is 0 Å². The SMILES string of the molecule is Clc1[nH]c(C2CCCCC(C3CCCCCC3)CCC2)nc1-c1ccccc1. The van der Waals surface area contributed by atoms with Crippen molar-refractivity contribution in [2.75, 3.05) is 0 Å². The first-order valence-electron chi connectivity index (χ1n) is 11.6. The summed E-state index contributed by atoms with van der Waals surface area (Å²) in [6.45, 7) is 0. The van der Waals surface area contributed by atoms with Gasteiger partial charge in [0.2, 0.25) is 0 Å². The van der Waals surface area contributed by atoms with Crippen LogP contribution in [-0.4, -0.2) is 9.97 Å². The zero-order chi connectivity index (χ0) is 19.2. The second kappa shape index (κ2) is 9.96. The highest BCUT2D eigenvalue weighted by Gasteiger charge is 2.25. The molecule has 3 heteroatoms. The zero-order valence-electron chi connectivity index (χ0n) is 17.1. The molecule has 0 saturated heterocycles. The molecule has 2 atom stereocenters. The monoisotopic (exact) mass is 398 g/mol. The number of hydrogen-bond acceptors (Lipinski definition) is 1. The highest BCUT2D eigenvalue weighted by molar-refractivity contribution is 6.31. The van der Waals surface area contributed by atoms with Crippen LogP contribution < -0.4 is 0 Å². The van der Waals surface area contributed by atoms with E-state index in [9.17, 15) is 0 Å². The quantitative estimate of drug-likeness (QED) is 0.519. The maximum Gasteiger partial charge on any atom is 0.134 e. The molecule has 0 amide bonds. The van der Waals surface area contributed by atoms with E-state index in [1.165, 1.54) is 83.5 Å². The average Bonchev–Trinajstić information content (AvgIpc) is 2.97. The van der Waals surface area contributed by atoms with Crippen molar-refractivity contribution in [3.63, 3.8) is 0 Å². The number of nitrogens with one attached hydrogen (secondary N) is 1. The van der Waals surface area contributed by atoms with Crippen molar-refractivity contribution in [1.82, 2.24) is 9.97 Å². The molecule has 2 nitrogen and oxygen atoms in total. The highest BCUT2D eigenvalue weighted by atomic mass is 35.5. The van der Waals surface area contributed by atoms with Gasteiger partial charge in [0, 0.05) is 11.5 Å². The largest absolute Gasteiger partial charge is 0.332 e. The Hall–Kier alpha value is -1.28. The molecule has 2 saturated carbocycles. The molecule has 2 fully saturated rings. The van der Waals surface area contributed by atoms with E-state index in [0.717, 1.165) is 28.9 Å². The van der Waals surface area contributed by atoms with Crippen LogP contribution in [0.2, 0.25) is 5.15 Å². The standard InChI is InChI=1S/C25H35ClN2/c26-24-23(21-14-6-3-7-15-21)27-25(28-24)22-16-9-8-13-20(17-10-18-22)19-11-4-1-2-5-12-19/h3,6-7,14-15,19-20,22H,1-2,4-5,8-13,16-18H2,(H,27,28). The molecule has 2 aliphatic rings. The van der Waals surface area contributed by atoms with Gasteiger partial charge < -0.3 is 4.98 Å². The molecular formula is C25H35ClN2. The molecule has 28 heavy (non-hydrogen) atoms. The smallest absolute Gasteiger partial charge is 0.134 e. The van der Waals surface area contributed by atoms with Crippen LogP contribution in [0.1, 0.15) is 95.2 Å². The highest BCUT2D eigenvalue weighted by Crippen LogP contribution is 2.39. The van der Waals surface area contributed by atoms with Gasteiger partial charge >= 0.3 is 0 Å². The van der Waals surface area contributed by atoms with Crippen LogP contribution in [0.15, 0.2) is 30.3 Å². The summed E-state index contributed by atoms with van der Waals surface area (Å²) in [6, 6.07) is 10.3. The third-order valence-electron chi connectivity index (χ3n) is 7.18. The third kappa shape index (κ3) is 5.00. The van der Waals surface area contributed by atoms with E-state index < -0.39 is 0 Å². The molecule has 0 radical (unpaired) electrons. The van der Waals surface area contributed by atoms with Crippen LogP contribution in [0.25, 0.3) is 11.3 Å². The van der Waals surface area contributed by atoms with Gasteiger partial charge in [0.25, 0.3) is 0 Å². The number of halogens is 1. The topological polar surface area (TPSA) is 28.7 Å². The summed E-state index contributed by atoms with van der Waals surface area (Å²) >= 11 is 6.53. The number of rotatable bonds is 3. The van der Waals surface area contributed by atoms with E-state index in [1.54, 1.807) is 0 Å². The average molecular weight is 399 g/mol. The summed E-state index contributed by atoms with van der Waals surface area (Å²) in [5, 5.41) is 0.692. The Kier molecular flexibility index (Phi) is 7.12. The van der Waals surface area contributed by atoms with Gasteiger partial charge in [-0.3, -0.25) is 0 Å². The first kappa shape index (κ1) is 20.0. The molecule has 2 aromatic rings. The van der Waals surface area contributed by atoms with Crippen LogP contribution in [0.3, 0.4) is 0 Å². The maximum atomic E-state index is 6.53. The lowest BCUT2D eigenvalue weighted by atomic mass is 9.80. The number of aromatic amines is 1. The summed E-state index contributed by atoms with van der Waals surface area (Å²) in [7, 11) is 0. The van der Waals surface area contributed by atoms with Gasteiger partial charge in [0.1, 0.15) is 16.7 Å². The molecule has 0 bridgehead atoms. The molecule has 2 aliphatic carbocycles. The summed E-state index contributed by atoms with van der Waals surface area (Å²) in [6.07, 6.45) is 18.3. The fourth-order valence-electron chi connectivity index (χ4n) is 5.59. The Labute approximate surface area is 175 Å². The van der Waals surface area contributed by atoms with Gasteiger partial charge in [-0.2, -0.15) is 0 Å². The predicted octanol–water partition coefficient (Wildman–Crippen LogP) is 8.14. The summed E-state index contributed by atoms with van der Waals surface area (Å²) in [5.41, 5.74) is 2.01. The lowest BCUT2D eigenvalue weighted by Crippen LogP contribution is -2.14. The molecule has 1 N–H and O–H groups in total. The number of aromatic nitrogens is 2. The molecule has 0 aliphatic heterocycles. The van der Waals surface area contributed by atoms with Crippen LogP contribution >= 0.6 is 11.6 Å². The number of hydrogen-bond donors (Lipinski definition) is 1. The molecule has 152 valence electrons. The van der Waals surface area contributed by atoms with Crippen molar-refractivity contribution >= 4 is 11.6 Å². The predicted molar refractivity (Wildman–Crippen MR) is 119 cm³/mol. The van der Waals surface area contributed by atoms with Crippen molar-refractivity contribution in [3.8, 4) is 11.3 Å². The fourth-order valence-corrected chi connectivity index (χ4v) is 5.84. The van der Waals surface area contributed by atoms with Crippen LogP contribution in [0, 0.1) is 11.8 Å². The van der Waals surface area contributed by atoms with Crippen molar-refractivity contribution in [2.24, 2.45) is 11.8 Å². The lowest BCUT2D eigenvalue weighted by molar-refractivity contribution is 0.257. The van der Waals surface area contributed by atoms with Crippen molar-refractivity contribution in [2.45, 2.75) is 89.4 Å². The molecule has 1 aromatic carbocycles. The van der Waals surface area contributed by atoms with Crippen LogP contribution in [0.5, 0.6) is 0 Å². The minimum Gasteiger partial charge on any atom is -0.332 e. The molecule has 1 aromatic heterocycles. The molecule has 2 unspecified atom stereocenters. The Bertz CT molecular complexity index is 715. The number of imidazole rings is 1. The van der Waals surface area contributed by atoms with Crippen LogP contribution in [0.4, 0.5) is 0 Å². The Morgan fingerprint density at radius 2 is 1.29 bits per heavy atom. The van der Waals surface area contributed by atoms with E-state index >= 15 is 0 Å². The summed E-state index contributed by atoms with van der Waals surface area (Å²) in [5.74, 6) is 3.61. The Balaban J connectivity index is 1.41. The molecule has 1 heterocycles. The molecule has 4 rings (SSSR count). The van der Waals surface area contributed by atoms with Gasteiger partial charge in [-0.05, 0) is 24.7 Å². The molecule has 0 spiro atoms. The number of nitrogens with zero attached hydrogens (tertiary/aromatic N) is 1. The van der Waals surface area contributed by atoms with Crippen molar-refractivity contribution in [3.05, 3.63) is 41.3 Å². The summed E-state index contributed by atoms with van der Waals surface area (Å²) in [4.78, 5) is 8.36. The second-order valence-electron chi connectivity index (χ2n) is 9.07. The maximum absolute atomic E-state index is 6.53. The zero-order valence-corrected chi connectivity index (χ0v) is 17.9.